The van der Waals surface area contributed by atoms with E-state index < -0.39 is 0 Å². The zero-order valence-electron chi connectivity index (χ0n) is 8.24. The molecule has 0 aliphatic rings. The Morgan fingerprint density at radius 3 is 2.60 bits per heavy atom. The van der Waals surface area contributed by atoms with Crippen LogP contribution < -0.4 is 0 Å². The lowest BCUT2D eigenvalue weighted by atomic mass is 10.2. The van der Waals surface area contributed by atoms with Gasteiger partial charge in [-0.25, -0.2) is 9.37 Å². The van der Waals surface area contributed by atoms with E-state index in [1.807, 2.05) is 11.5 Å². The van der Waals surface area contributed by atoms with Crippen molar-refractivity contribution < 1.29 is 4.39 Å². The van der Waals surface area contributed by atoms with Crippen molar-refractivity contribution in [3.63, 3.8) is 0 Å². The zero-order chi connectivity index (χ0) is 10.8. The van der Waals surface area contributed by atoms with Gasteiger partial charge in [0.1, 0.15) is 16.8 Å². The molecule has 78 valence electrons. The summed E-state index contributed by atoms with van der Waals surface area (Å²) in [5.74, 6) is 0.516. The van der Waals surface area contributed by atoms with Crippen LogP contribution in [0.4, 0.5) is 4.39 Å². The third-order valence-electron chi connectivity index (χ3n) is 2.23. The molecule has 0 spiro atoms. The molecule has 1 aromatic heterocycles. The van der Waals surface area contributed by atoms with Crippen molar-refractivity contribution in [3.8, 4) is 11.4 Å². The molecule has 0 unspecified atom stereocenters. The van der Waals surface area contributed by atoms with Gasteiger partial charge in [0, 0.05) is 12.1 Å². The number of rotatable bonds is 2. The summed E-state index contributed by atoms with van der Waals surface area (Å²) in [7, 11) is 0. The Hall–Kier alpha value is -1.35. The zero-order valence-corrected chi connectivity index (χ0v) is 9.00. The van der Waals surface area contributed by atoms with Crippen LogP contribution in [0.1, 0.15) is 6.92 Å². The van der Waals surface area contributed by atoms with Crippen molar-refractivity contribution in [2.24, 2.45) is 0 Å². The van der Waals surface area contributed by atoms with Gasteiger partial charge in [-0.3, -0.25) is 0 Å². The van der Waals surface area contributed by atoms with E-state index in [9.17, 15) is 4.39 Å². The van der Waals surface area contributed by atoms with Crippen LogP contribution in [-0.4, -0.2) is 9.55 Å². The summed E-state index contributed by atoms with van der Waals surface area (Å²) in [6.45, 7) is 2.73. The first-order valence-corrected chi connectivity index (χ1v) is 5.07. The molecule has 2 rings (SSSR count). The Bertz CT molecular complexity index is 462. The summed E-state index contributed by atoms with van der Waals surface area (Å²) in [6, 6.07) is 6.22. The van der Waals surface area contributed by atoms with E-state index in [0.29, 0.717) is 5.15 Å². The first-order chi connectivity index (χ1) is 7.22. The lowest BCUT2D eigenvalue weighted by Gasteiger charge is -2.05. The molecule has 0 fully saturated rings. The Morgan fingerprint density at radius 2 is 2.00 bits per heavy atom. The van der Waals surface area contributed by atoms with E-state index in [2.05, 4.69) is 4.98 Å². The van der Waals surface area contributed by atoms with Gasteiger partial charge in [0.15, 0.2) is 0 Å². The minimum absolute atomic E-state index is 0.251. The maximum Gasteiger partial charge on any atom is 0.141 e. The van der Waals surface area contributed by atoms with E-state index >= 15 is 0 Å². The fourth-order valence-corrected chi connectivity index (χ4v) is 1.73. The fourth-order valence-electron chi connectivity index (χ4n) is 1.49. The Morgan fingerprint density at radius 1 is 1.33 bits per heavy atom. The molecule has 2 nitrogen and oxygen atoms in total. The number of benzene rings is 1. The van der Waals surface area contributed by atoms with Gasteiger partial charge in [-0.1, -0.05) is 11.6 Å². The summed E-state index contributed by atoms with van der Waals surface area (Å²) in [4.78, 5) is 4.20. The van der Waals surface area contributed by atoms with Crippen LogP contribution in [0, 0.1) is 5.82 Å². The number of halogens is 2. The highest BCUT2D eigenvalue weighted by molar-refractivity contribution is 6.29. The predicted molar refractivity (Wildman–Crippen MR) is 58.3 cm³/mol. The molecule has 0 saturated heterocycles. The lowest BCUT2D eigenvalue weighted by Crippen LogP contribution is -1.97. The molecule has 0 aliphatic carbocycles. The number of nitrogens with zero attached hydrogens (tertiary/aromatic N) is 2. The third kappa shape index (κ3) is 1.88. The average molecular weight is 225 g/mol. The van der Waals surface area contributed by atoms with E-state index in [1.54, 1.807) is 18.3 Å². The Labute approximate surface area is 92.3 Å². The van der Waals surface area contributed by atoms with Gasteiger partial charge in [0.25, 0.3) is 0 Å². The van der Waals surface area contributed by atoms with Gasteiger partial charge in [-0.15, -0.1) is 0 Å². The number of imidazole rings is 1. The van der Waals surface area contributed by atoms with Gasteiger partial charge in [-0.2, -0.15) is 0 Å². The van der Waals surface area contributed by atoms with E-state index in [1.165, 1.54) is 12.1 Å². The molecule has 0 amide bonds. The van der Waals surface area contributed by atoms with Crippen molar-refractivity contribution in [1.82, 2.24) is 9.55 Å². The second kappa shape index (κ2) is 4.03. The summed E-state index contributed by atoms with van der Waals surface area (Å²) in [5.41, 5.74) is 0.866. The van der Waals surface area contributed by atoms with Crippen molar-refractivity contribution in [2.75, 3.05) is 0 Å². The minimum atomic E-state index is -0.251. The highest BCUT2D eigenvalue weighted by atomic mass is 35.5. The second-order valence-corrected chi connectivity index (χ2v) is 3.54. The summed E-state index contributed by atoms with van der Waals surface area (Å²) in [5, 5.41) is 0.594. The van der Waals surface area contributed by atoms with Crippen LogP contribution >= 0.6 is 11.6 Å². The van der Waals surface area contributed by atoms with Crippen LogP contribution in [0.3, 0.4) is 0 Å². The molecule has 0 N–H and O–H groups in total. The van der Waals surface area contributed by atoms with Gasteiger partial charge in [-0.05, 0) is 31.2 Å². The monoisotopic (exact) mass is 224 g/mol. The quantitative estimate of drug-likeness (QED) is 0.765. The molecular formula is C11H10ClFN2. The third-order valence-corrected chi connectivity index (χ3v) is 2.53. The average Bonchev–Trinajstić information content (AvgIpc) is 2.61. The Kier molecular flexibility index (Phi) is 2.73. The first kappa shape index (κ1) is 10.2. The number of aromatic nitrogens is 2. The molecule has 0 bridgehead atoms. The predicted octanol–water partition coefficient (Wildman–Crippen LogP) is 3.36. The van der Waals surface area contributed by atoms with Crippen LogP contribution in [0.15, 0.2) is 30.5 Å². The van der Waals surface area contributed by atoms with Crippen molar-refractivity contribution in [3.05, 3.63) is 41.4 Å². The molecule has 0 aliphatic heterocycles. The molecule has 0 radical (unpaired) electrons. The van der Waals surface area contributed by atoms with Crippen molar-refractivity contribution >= 4 is 11.6 Å². The molecule has 1 heterocycles. The lowest BCUT2D eigenvalue weighted by molar-refractivity contribution is 0.628. The second-order valence-electron chi connectivity index (χ2n) is 3.16. The fraction of sp³-hybridized carbons (Fsp3) is 0.182. The molecular weight excluding hydrogens is 215 g/mol. The standard InChI is InChI=1S/C11H10ClFN2/c1-2-15-10(12)7-14-11(15)8-3-5-9(13)6-4-8/h3-7H,2H2,1H3. The van der Waals surface area contributed by atoms with Crippen molar-refractivity contribution in [2.45, 2.75) is 13.5 Å². The highest BCUT2D eigenvalue weighted by Crippen LogP contribution is 2.22. The van der Waals surface area contributed by atoms with Gasteiger partial charge in [0.05, 0.1) is 6.20 Å². The number of hydrogen-bond acceptors (Lipinski definition) is 1. The molecule has 4 heteroatoms. The van der Waals surface area contributed by atoms with Crippen molar-refractivity contribution in [1.29, 1.82) is 0 Å². The number of hydrogen-bond donors (Lipinski definition) is 0. The molecule has 2 aromatic rings. The van der Waals surface area contributed by atoms with Crippen LogP contribution in [0.2, 0.25) is 5.15 Å². The van der Waals surface area contributed by atoms with E-state index in [-0.39, 0.29) is 5.82 Å². The first-order valence-electron chi connectivity index (χ1n) is 4.69. The molecule has 0 atom stereocenters. The normalized spacial score (nSPS) is 10.6. The van der Waals surface area contributed by atoms with Gasteiger partial charge < -0.3 is 4.57 Å². The Balaban J connectivity index is 2.49. The molecule has 1 aromatic carbocycles. The maximum atomic E-state index is 12.7. The summed E-state index contributed by atoms with van der Waals surface area (Å²) in [6.07, 6.45) is 1.60. The minimum Gasteiger partial charge on any atom is -0.315 e. The van der Waals surface area contributed by atoms with E-state index in [0.717, 1.165) is 17.9 Å². The van der Waals surface area contributed by atoms with Gasteiger partial charge in [0.2, 0.25) is 0 Å². The molecule has 15 heavy (non-hydrogen) atoms. The summed E-state index contributed by atoms with van der Waals surface area (Å²) < 4.78 is 14.6. The largest absolute Gasteiger partial charge is 0.315 e. The highest BCUT2D eigenvalue weighted by Gasteiger charge is 2.08. The van der Waals surface area contributed by atoms with Crippen LogP contribution in [-0.2, 0) is 6.54 Å². The van der Waals surface area contributed by atoms with E-state index in [4.69, 9.17) is 11.6 Å². The molecule has 0 saturated carbocycles. The van der Waals surface area contributed by atoms with Crippen LogP contribution in [0.25, 0.3) is 11.4 Å². The maximum absolute atomic E-state index is 12.7. The smallest absolute Gasteiger partial charge is 0.141 e. The van der Waals surface area contributed by atoms with Gasteiger partial charge >= 0.3 is 0 Å². The SMILES string of the molecule is CCn1c(Cl)cnc1-c1ccc(F)cc1. The summed E-state index contributed by atoms with van der Waals surface area (Å²) >= 11 is 5.95. The topological polar surface area (TPSA) is 17.8 Å². The van der Waals surface area contributed by atoms with Crippen LogP contribution in [0.5, 0.6) is 0 Å².